The van der Waals surface area contributed by atoms with Gasteiger partial charge >= 0.3 is 0 Å². The van der Waals surface area contributed by atoms with Crippen LogP contribution in [0.25, 0.3) is 0 Å². The Hall–Kier alpha value is 0. The monoisotopic (exact) mass is 276 g/mol. The highest BCUT2D eigenvalue weighted by Gasteiger charge is 2.03. The van der Waals surface area contributed by atoms with Crippen molar-refractivity contribution < 1.29 is 0 Å². The van der Waals surface area contributed by atoms with Crippen molar-refractivity contribution in [3.8, 4) is 0 Å². The largest absolute Gasteiger partial charge is 0.0776 e. The minimum atomic E-state index is 0. The maximum Gasteiger partial charge on any atom is -0.0385 e. The maximum absolute atomic E-state index is 2.24. The molecule has 0 aromatic rings. The third-order valence-electron chi connectivity index (χ3n) is 1.06. The van der Waals surface area contributed by atoms with Crippen molar-refractivity contribution >= 4 is 0 Å². The Morgan fingerprint density at radius 2 is 0.579 bits per heavy atom. The van der Waals surface area contributed by atoms with Crippen LogP contribution in [0, 0.1) is 16.2 Å². The summed E-state index contributed by atoms with van der Waals surface area (Å²) >= 11 is 0. The molecule has 0 amide bonds. The molecule has 0 bridgehead atoms. The van der Waals surface area contributed by atoms with Crippen LogP contribution >= 0.6 is 0 Å². The van der Waals surface area contributed by atoms with E-state index >= 15 is 0 Å². The number of rotatable bonds is 0. The van der Waals surface area contributed by atoms with Crippen molar-refractivity contribution in [3.63, 3.8) is 0 Å². The van der Waals surface area contributed by atoms with Crippen molar-refractivity contribution in [3.05, 3.63) is 0 Å². The Morgan fingerprint density at radius 1 is 0.526 bits per heavy atom. The molecule has 0 radical (unpaired) electrons. The summed E-state index contributed by atoms with van der Waals surface area (Å²) < 4.78 is 0. The molecule has 0 N–H and O–H groups in total. The van der Waals surface area contributed by atoms with Crippen LogP contribution in [0.2, 0.25) is 0 Å². The summed E-state index contributed by atoms with van der Waals surface area (Å²) in [4.78, 5) is 0. The minimum absolute atomic E-state index is 0. The first kappa shape index (κ1) is 31.4. The van der Waals surface area contributed by atoms with Crippen LogP contribution in [-0.2, 0) is 0 Å². The van der Waals surface area contributed by atoms with Crippen molar-refractivity contribution in [1.29, 1.82) is 0 Å². The van der Waals surface area contributed by atoms with Gasteiger partial charge in [-0.1, -0.05) is 111 Å². The fraction of sp³-hybridized carbons (Fsp3) is 1.00. The van der Waals surface area contributed by atoms with Gasteiger partial charge in [0.25, 0.3) is 0 Å². The maximum atomic E-state index is 2.24. The lowest BCUT2D eigenvalue weighted by atomic mass is 9.94. The van der Waals surface area contributed by atoms with Gasteiger partial charge in [0.15, 0.2) is 0 Å². The number of hydrogen-bond acceptors (Lipinski definition) is 0. The van der Waals surface area contributed by atoms with Gasteiger partial charge in [0.1, 0.15) is 0 Å². The Labute approximate surface area is 127 Å². The Kier molecular flexibility index (Phi) is 23.8. The van der Waals surface area contributed by atoms with E-state index < -0.39 is 0 Å². The van der Waals surface area contributed by atoms with E-state index in [0.717, 1.165) is 0 Å². The third kappa shape index (κ3) is 512. The second-order valence-corrected chi connectivity index (χ2v) is 8.91. The predicted octanol–water partition coefficient (Wildman–Crippen LogP) is 8.21. The van der Waals surface area contributed by atoms with Gasteiger partial charge < -0.3 is 0 Å². The minimum Gasteiger partial charge on any atom is -0.0776 e. The van der Waals surface area contributed by atoms with Crippen molar-refractivity contribution in [1.82, 2.24) is 0 Å². The molecule has 0 aliphatic rings. The van der Waals surface area contributed by atoms with E-state index in [1.54, 1.807) is 0 Å². The van der Waals surface area contributed by atoms with Crippen LogP contribution in [0.3, 0.4) is 0 Å². The van der Waals surface area contributed by atoms with E-state index in [1.165, 1.54) is 6.42 Å². The van der Waals surface area contributed by atoms with Gasteiger partial charge in [0.05, 0.1) is 0 Å². The second kappa shape index (κ2) is 14.4. The smallest absolute Gasteiger partial charge is 0.0385 e. The zero-order chi connectivity index (χ0) is 16.2. The lowest BCUT2D eigenvalue weighted by Gasteiger charge is -2.12. The van der Waals surface area contributed by atoms with E-state index in [9.17, 15) is 0 Å². The average molecular weight is 277 g/mol. The van der Waals surface area contributed by atoms with Gasteiger partial charge in [-0.3, -0.25) is 0 Å². The first-order valence-electron chi connectivity index (χ1n) is 7.56. The highest BCUT2D eigenvalue weighted by molar-refractivity contribution is 4.55. The first-order valence-corrected chi connectivity index (χ1v) is 7.56. The van der Waals surface area contributed by atoms with Crippen molar-refractivity contribution in [2.24, 2.45) is 16.2 Å². The fourth-order valence-corrected chi connectivity index (χ4v) is 0. The van der Waals surface area contributed by atoms with Gasteiger partial charge in [0.2, 0.25) is 0 Å². The molecule has 0 aliphatic carbocycles. The topological polar surface area (TPSA) is 0 Å². The molecule has 124 valence electrons. The van der Waals surface area contributed by atoms with Gasteiger partial charge in [-0.05, 0) is 16.2 Å². The van der Waals surface area contributed by atoms with E-state index in [-0.39, 0.29) is 7.43 Å². The highest BCUT2D eigenvalue weighted by atomic mass is 14.1. The molecule has 0 heteroatoms. The third-order valence-corrected chi connectivity index (χ3v) is 1.06. The second-order valence-electron chi connectivity index (χ2n) is 8.91. The van der Waals surface area contributed by atoms with E-state index in [2.05, 4.69) is 83.1 Å². The summed E-state index contributed by atoms with van der Waals surface area (Å²) in [6, 6.07) is 0. The molecule has 0 aromatic carbocycles. The standard InChI is InChI=1S/C6H14.2C5H12.C2H6.CH4/c1-5-6(2,3)4;2*1-5(2,3)4;1-2;/h5H2,1-4H3;2*1-4H3;1-2H3;1H4. The van der Waals surface area contributed by atoms with Crippen molar-refractivity contribution in [2.45, 2.75) is 111 Å². The average Bonchev–Trinajstić information content (AvgIpc) is 2.00. The van der Waals surface area contributed by atoms with Gasteiger partial charge in [-0.15, -0.1) is 0 Å². The summed E-state index contributed by atoms with van der Waals surface area (Å²) in [5, 5.41) is 0. The lowest BCUT2D eigenvalue weighted by molar-refractivity contribution is 0.398. The summed E-state index contributed by atoms with van der Waals surface area (Å²) in [6.07, 6.45) is 1.27. The van der Waals surface area contributed by atoms with Crippen LogP contribution in [0.15, 0.2) is 0 Å². The summed E-state index contributed by atoms with van der Waals surface area (Å²) in [5.41, 5.74) is 1.54. The molecular formula is C19H48. The Bertz CT molecular complexity index is 109. The molecule has 0 nitrogen and oxygen atoms in total. The molecule has 0 atom stereocenters. The molecule has 0 saturated heterocycles. The predicted molar refractivity (Wildman–Crippen MR) is 98.1 cm³/mol. The summed E-state index contributed by atoms with van der Waals surface area (Å²) in [6.45, 7) is 30.4. The van der Waals surface area contributed by atoms with Crippen molar-refractivity contribution in [2.75, 3.05) is 0 Å². The van der Waals surface area contributed by atoms with Gasteiger partial charge in [-0.25, -0.2) is 0 Å². The fourth-order valence-electron chi connectivity index (χ4n) is 0. The number of hydrogen-bond donors (Lipinski definition) is 0. The van der Waals surface area contributed by atoms with Gasteiger partial charge in [0, 0.05) is 0 Å². The molecule has 0 unspecified atom stereocenters. The van der Waals surface area contributed by atoms with Crippen LogP contribution < -0.4 is 0 Å². The van der Waals surface area contributed by atoms with E-state index in [0.29, 0.717) is 16.2 Å². The first-order chi connectivity index (χ1) is 7.56. The summed E-state index contributed by atoms with van der Waals surface area (Å²) in [5.74, 6) is 0. The Morgan fingerprint density at radius 3 is 0.579 bits per heavy atom. The molecule has 0 rings (SSSR count). The van der Waals surface area contributed by atoms with Gasteiger partial charge in [-0.2, -0.15) is 0 Å². The lowest BCUT2D eigenvalue weighted by Crippen LogP contribution is -2.00. The van der Waals surface area contributed by atoms with Crippen LogP contribution in [0.1, 0.15) is 111 Å². The molecule has 0 spiro atoms. The molecule has 0 saturated carbocycles. The van der Waals surface area contributed by atoms with Crippen LogP contribution in [0.5, 0.6) is 0 Å². The highest BCUT2D eigenvalue weighted by Crippen LogP contribution is 2.16. The quantitative estimate of drug-likeness (QED) is 0.418. The SMILES string of the molecule is C.CC.CC(C)(C)C.CC(C)(C)C.CCC(C)(C)C. The van der Waals surface area contributed by atoms with Crippen LogP contribution in [0.4, 0.5) is 0 Å². The molecule has 0 aliphatic heterocycles. The summed E-state index contributed by atoms with van der Waals surface area (Å²) in [7, 11) is 0. The zero-order valence-corrected chi connectivity index (χ0v) is 16.2. The molecule has 0 heterocycles. The van der Waals surface area contributed by atoms with Crippen LogP contribution in [-0.4, -0.2) is 0 Å². The molecule has 19 heavy (non-hydrogen) atoms. The molecule has 0 aromatic heterocycles. The van der Waals surface area contributed by atoms with E-state index in [4.69, 9.17) is 0 Å². The zero-order valence-electron chi connectivity index (χ0n) is 16.2. The normalized spacial score (nSPS) is 10.4. The molecular weight excluding hydrogens is 228 g/mol. The Balaban J connectivity index is -0.0000000474. The van der Waals surface area contributed by atoms with E-state index in [1.807, 2.05) is 13.8 Å². The molecule has 0 fully saturated rings.